The van der Waals surface area contributed by atoms with Crippen molar-refractivity contribution in [1.29, 1.82) is 0 Å². The number of nitrogens with zero attached hydrogens (tertiary/aromatic N) is 4. The Labute approximate surface area is 142 Å². The first-order valence-electron chi connectivity index (χ1n) is 8.35. The van der Waals surface area contributed by atoms with E-state index in [1.807, 2.05) is 19.2 Å². The van der Waals surface area contributed by atoms with Gasteiger partial charge in [0.2, 0.25) is 0 Å². The second-order valence-corrected chi connectivity index (χ2v) is 6.53. The highest BCUT2D eigenvalue weighted by molar-refractivity contribution is 5.77. The van der Waals surface area contributed by atoms with Crippen LogP contribution in [0, 0.1) is 5.82 Å². The molecule has 2 heterocycles. The van der Waals surface area contributed by atoms with Crippen LogP contribution in [0.4, 0.5) is 15.8 Å². The Morgan fingerprint density at radius 1 is 1.29 bits per heavy atom. The number of halogens is 1. The van der Waals surface area contributed by atoms with Crippen LogP contribution in [0.2, 0.25) is 0 Å². The maximum absolute atomic E-state index is 14.8. The summed E-state index contributed by atoms with van der Waals surface area (Å²) >= 11 is 0. The predicted molar refractivity (Wildman–Crippen MR) is 97.2 cm³/mol. The number of nitrogens with two attached hydrogens (primary N) is 2. The van der Waals surface area contributed by atoms with E-state index in [4.69, 9.17) is 11.5 Å². The molecule has 1 fully saturated rings. The highest BCUT2D eigenvalue weighted by Gasteiger charge is 2.34. The minimum Gasteiger partial charge on any atom is -0.384 e. The van der Waals surface area contributed by atoms with Crippen LogP contribution in [0.1, 0.15) is 6.92 Å². The molecule has 0 aromatic heterocycles. The Kier molecular flexibility index (Phi) is 4.58. The van der Waals surface area contributed by atoms with Crippen LogP contribution < -0.4 is 20.9 Å². The van der Waals surface area contributed by atoms with Crippen molar-refractivity contribution in [3.63, 3.8) is 0 Å². The molecule has 0 aliphatic carbocycles. The summed E-state index contributed by atoms with van der Waals surface area (Å²) in [6.45, 7) is 6.81. The van der Waals surface area contributed by atoms with Crippen molar-refractivity contribution in [1.82, 2.24) is 9.38 Å². The number of hydrogen-bond acceptors (Lipinski definition) is 5. The average Bonchev–Trinajstić information content (AvgIpc) is 2.58. The van der Waals surface area contributed by atoms with Gasteiger partial charge in [-0.3, -0.25) is 5.73 Å². The van der Waals surface area contributed by atoms with E-state index in [0.29, 0.717) is 11.5 Å². The molecule has 2 aliphatic rings. The fraction of sp³-hybridized carbons (Fsp3) is 0.471. The first-order valence-corrected chi connectivity index (χ1v) is 8.35. The van der Waals surface area contributed by atoms with E-state index in [0.717, 1.165) is 38.4 Å². The fourth-order valence-electron chi connectivity index (χ4n) is 3.23. The van der Waals surface area contributed by atoms with Gasteiger partial charge < -0.3 is 15.5 Å². The highest BCUT2D eigenvalue weighted by Crippen LogP contribution is 2.30. The van der Waals surface area contributed by atoms with E-state index in [2.05, 4.69) is 21.7 Å². The smallest absolute Gasteiger partial charge is 0.198 e. The Hall–Kier alpha value is -1.96. The van der Waals surface area contributed by atoms with Gasteiger partial charge in [0, 0.05) is 44.4 Å². The predicted octanol–water partition coefficient (Wildman–Crippen LogP) is 1.03. The number of quaternary nitrogens is 1. The van der Waals surface area contributed by atoms with E-state index in [-0.39, 0.29) is 16.5 Å². The van der Waals surface area contributed by atoms with E-state index >= 15 is 0 Å². The molecule has 0 spiro atoms. The van der Waals surface area contributed by atoms with Crippen molar-refractivity contribution in [2.24, 2.45) is 16.5 Å². The van der Waals surface area contributed by atoms with Crippen molar-refractivity contribution in [3.05, 3.63) is 35.9 Å². The minimum atomic E-state index is -0.388. The zero-order chi connectivity index (χ0) is 17.3. The van der Waals surface area contributed by atoms with Gasteiger partial charge in [0.15, 0.2) is 18.3 Å². The Bertz CT molecular complexity index is 665. The summed E-state index contributed by atoms with van der Waals surface area (Å²) in [5, 5.41) is 0. The number of rotatable bonds is 3. The lowest BCUT2D eigenvalue weighted by Crippen LogP contribution is -2.58. The average molecular weight is 333 g/mol. The van der Waals surface area contributed by atoms with Gasteiger partial charge >= 0.3 is 0 Å². The van der Waals surface area contributed by atoms with Crippen molar-refractivity contribution in [2.45, 2.75) is 13.1 Å². The van der Waals surface area contributed by atoms with Gasteiger partial charge in [-0.2, -0.15) is 4.99 Å². The number of hydrogen-bond donors (Lipinski definition) is 2. The molecule has 7 heteroatoms. The monoisotopic (exact) mass is 333 g/mol. The van der Waals surface area contributed by atoms with Gasteiger partial charge in [-0.05, 0) is 12.6 Å². The number of anilines is 1. The van der Waals surface area contributed by atoms with Crippen LogP contribution in [0.15, 0.2) is 35.1 Å². The molecule has 130 valence electrons. The van der Waals surface area contributed by atoms with Gasteiger partial charge in [0.25, 0.3) is 0 Å². The lowest BCUT2D eigenvalue weighted by atomic mass is 10.1. The molecule has 2 unspecified atom stereocenters. The standard InChI is InChI=1S/C17H26FN6/c1-3-22-6-8-23(9-7-22)15-5-4-13(10-14(15)18)24(2)12-21-16(19)11-17(24)20/h4-5,10-12,17H,3,6-9,19-20H2,1-2H3/q+1. The molecular formula is C17H26FN6+. The van der Waals surface area contributed by atoms with Crippen LogP contribution >= 0.6 is 0 Å². The number of benzene rings is 1. The number of aliphatic imine (C=N–C) groups is 1. The second-order valence-electron chi connectivity index (χ2n) is 6.53. The maximum atomic E-state index is 14.8. The van der Waals surface area contributed by atoms with Gasteiger partial charge in [-0.1, -0.05) is 6.92 Å². The molecule has 1 saturated heterocycles. The number of piperazine rings is 1. The molecule has 4 N–H and O–H groups in total. The van der Waals surface area contributed by atoms with Crippen molar-refractivity contribution in [3.8, 4) is 0 Å². The molecule has 2 atom stereocenters. The normalized spacial score (nSPS) is 28.1. The van der Waals surface area contributed by atoms with Crippen LogP contribution in [0.3, 0.4) is 0 Å². The molecule has 1 aromatic rings. The molecule has 6 nitrogen and oxygen atoms in total. The Morgan fingerprint density at radius 3 is 2.58 bits per heavy atom. The first kappa shape index (κ1) is 16.9. The summed E-state index contributed by atoms with van der Waals surface area (Å²) in [6, 6.07) is 5.33. The molecule has 1 aromatic carbocycles. The van der Waals surface area contributed by atoms with Gasteiger partial charge in [-0.25, -0.2) is 8.87 Å². The summed E-state index contributed by atoms with van der Waals surface area (Å²) in [7, 11) is 1.89. The molecule has 0 radical (unpaired) electrons. The maximum Gasteiger partial charge on any atom is 0.198 e. The van der Waals surface area contributed by atoms with Crippen molar-refractivity contribution in [2.75, 3.05) is 44.7 Å². The topological polar surface area (TPSA) is 70.9 Å². The first-order chi connectivity index (χ1) is 11.4. The molecule has 3 rings (SSSR count). The lowest BCUT2D eigenvalue weighted by Gasteiger charge is -2.37. The Balaban J connectivity index is 1.82. The Morgan fingerprint density at radius 2 is 2.00 bits per heavy atom. The quantitative estimate of drug-likeness (QED) is 0.811. The van der Waals surface area contributed by atoms with Gasteiger partial charge in [0.05, 0.1) is 12.7 Å². The summed E-state index contributed by atoms with van der Waals surface area (Å²) in [6.07, 6.45) is 2.96. The van der Waals surface area contributed by atoms with Crippen LogP contribution in [0.25, 0.3) is 0 Å². The van der Waals surface area contributed by atoms with Gasteiger partial charge in [0.1, 0.15) is 11.5 Å². The van der Waals surface area contributed by atoms with E-state index in [1.165, 1.54) is 0 Å². The van der Waals surface area contributed by atoms with Gasteiger partial charge in [-0.15, -0.1) is 0 Å². The SMILES string of the molecule is CCN1CCN(c2ccc([N+]3(C)C=NC(N)=CC3N)cc2F)CC1. The lowest BCUT2D eigenvalue weighted by molar-refractivity contribution is 0.270. The zero-order valence-corrected chi connectivity index (χ0v) is 14.3. The summed E-state index contributed by atoms with van der Waals surface area (Å²) in [5.74, 6) is 0.170. The number of likely N-dealkylation sites (N-methyl/N-ethyl adjacent to an activating group) is 2. The summed E-state index contributed by atoms with van der Waals surface area (Å²) in [4.78, 5) is 8.61. The second kappa shape index (κ2) is 6.51. The molecule has 0 amide bonds. The summed E-state index contributed by atoms with van der Waals surface area (Å²) in [5.41, 5.74) is 13.3. The zero-order valence-electron chi connectivity index (χ0n) is 14.3. The van der Waals surface area contributed by atoms with Crippen LogP contribution in [0.5, 0.6) is 0 Å². The third-order valence-electron chi connectivity index (χ3n) is 5.06. The van der Waals surface area contributed by atoms with E-state index in [9.17, 15) is 4.39 Å². The highest BCUT2D eigenvalue weighted by atomic mass is 19.1. The summed E-state index contributed by atoms with van der Waals surface area (Å²) < 4.78 is 14.9. The van der Waals surface area contributed by atoms with Crippen molar-refractivity contribution < 1.29 is 4.39 Å². The van der Waals surface area contributed by atoms with E-state index < -0.39 is 0 Å². The third kappa shape index (κ3) is 3.02. The van der Waals surface area contributed by atoms with E-state index in [1.54, 1.807) is 18.5 Å². The molecular weight excluding hydrogens is 307 g/mol. The fourth-order valence-corrected chi connectivity index (χ4v) is 3.23. The third-order valence-corrected chi connectivity index (χ3v) is 5.06. The molecule has 2 aliphatic heterocycles. The minimum absolute atomic E-state index is 0.196. The van der Waals surface area contributed by atoms with Crippen molar-refractivity contribution >= 4 is 17.7 Å². The molecule has 24 heavy (non-hydrogen) atoms. The van der Waals surface area contributed by atoms with Crippen LogP contribution in [-0.2, 0) is 0 Å². The molecule has 0 saturated carbocycles. The van der Waals surface area contributed by atoms with Crippen LogP contribution in [-0.4, -0.2) is 57.2 Å². The molecule has 0 bridgehead atoms. The largest absolute Gasteiger partial charge is 0.384 e.